The van der Waals surface area contributed by atoms with Crippen LogP contribution in [0.25, 0.3) is 0 Å². The Morgan fingerprint density at radius 3 is 1.47 bits per heavy atom. The van der Waals surface area contributed by atoms with Crippen LogP contribution in [-0.2, 0) is 23.8 Å². The molecule has 1 rings (SSSR count). The Bertz CT molecular complexity index is 1830. The molecule has 460 valence electrons. The van der Waals surface area contributed by atoms with Crippen LogP contribution in [-0.4, -0.2) is 99.6 Å². The maximum absolute atomic E-state index is 13.4. The summed E-state index contributed by atoms with van der Waals surface area (Å²) in [6.07, 6.45) is 69.2. The van der Waals surface area contributed by atoms with Crippen LogP contribution in [0.3, 0.4) is 0 Å². The summed E-state index contributed by atoms with van der Waals surface area (Å²) < 4.78 is 17.6. The molecule has 1 fully saturated rings. The first-order valence-corrected chi connectivity index (χ1v) is 32.0. The Morgan fingerprint density at radius 1 is 0.506 bits per heavy atom. The van der Waals surface area contributed by atoms with Crippen molar-refractivity contribution in [3.63, 3.8) is 0 Å². The minimum Gasteiger partial charge on any atom is -0.454 e. The lowest BCUT2D eigenvalue weighted by atomic mass is 9.99. The van der Waals surface area contributed by atoms with Crippen LogP contribution in [0.2, 0.25) is 0 Å². The summed E-state index contributed by atoms with van der Waals surface area (Å²) in [5.41, 5.74) is 0. The maximum atomic E-state index is 13.4. The van der Waals surface area contributed by atoms with Crippen molar-refractivity contribution in [2.45, 2.75) is 282 Å². The van der Waals surface area contributed by atoms with Crippen molar-refractivity contribution in [2.75, 3.05) is 13.2 Å². The highest BCUT2D eigenvalue weighted by atomic mass is 16.7. The Morgan fingerprint density at radius 2 is 0.938 bits per heavy atom. The zero-order valence-corrected chi connectivity index (χ0v) is 50.8. The zero-order chi connectivity index (χ0) is 58.9. The van der Waals surface area contributed by atoms with E-state index in [9.17, 15) is 35.1 Å². The van der Waals surface area contributed by atoms with E-state index in [2.05, 4.69) is 80.8 Å². The predicted molar refractivity (Wildman–Crippen MR) is 337 cm³/mol. The van der Waals surface area contributed by atoms with Crippen molar-refractivity contribution >= 4 is 11.9 Å². The number of hydrogen-bond donors (Lipinski definition) is 6. The SMILES string of the molecule is CC\C=C/C=C/C=C/C=C\C=C\C=C\CCCCC(O)C(=O)NC(COC1OC(CO)C(O)C(O)C1OC(=O)CCCCCCCCCCC/C=C\C/C=C\C/C=C\C/C=C\CCCCC)C(O)/C=C/CCCCCCCCCCC. The van der Waals surface area contributed by atoms with E-state index in [4.69, 9.17) is 14.2 Å². The number of nitrogens with one attached hydrogen (secondary N) is 1. The molecule has 11 nitrogen and oxygen atoms in total. The fourth-order valence-electron chi connectivity index (χ4n) is 9.14. The first-order chi connectivity index (χ1) is 39.7. The van der Waals surface area contributed by atoms with Gasteiger partial charge in [-0.1, -0.05) is 270 Å². The van der Waals surface area contributed by atoms with Crippen LogP contribution in [0.5, 0.6) is 0 Å². The lowest BCUT2D eigenvalue weighted by molar-refractivity contribution is -0.305. The molecule has 0 aromatic carbocycles. The van der Waals surface area contributed by atoms with Crippen molar-refractivity contribution in [1.82, 2.24) is 5.32 Å². The molecule has 11 heteroatoms. The molecule has 0 aliphatic carbocycles. The highest BCUT2D eigenvalue weighted by Crippen LogP contribution is 2.26. The van der Waals surface area contributed by atoms with E-state index in [1.165, 1.54) is 89.9 Å². The first kappa shape index (κ1) is 74.8. The van der Waals surface area contributed by atoms with Gasteiger partial charge < -0.3 is 45.1 Å². The van der Waals surface area contributed by atoms with E-state index in [-0.39, 0.29) is 19.4 Å². The summed E-state index contributed by atoms with van der Waals surface area (Å²) >= 11 is 0. The van der Waals surface area contributed by atoms with Gasteiger partial charge in [-0.25, -0.2) is 0 Å². The molecule has 0 aromatic rings. The van der Waals surface area contributed by atoms with E-state index in [1.54, 1.807) is 6.08 Å². The minimum absolute atomic E-state index is 0.102. The third-order valence-electron chi connectivity index (χ3n) is 14.2. The van der Waals surface area contributed by atoms with Crippen LogP contribution in [0.1, 0.15) is 233 Å². The molecule has 8 atom stereocenters. The molecule has 8 unspecified atom stereocenters. The smallest absolute Gasteiger partial charge is 0.306 e. The van der Waals surface area contributed by atoms with Gasteiger partial charge in [-0.2, -0.15) is 0 Å². The minimum atomic E-state index is -1.63. The number of allylic oxidation sites excluding steroid dienone is 21. The van der Waals surface area contributed by atoms with Crippen LogP contribution in [0.15, 0.2) is 134 Å². The van der Waals surface area contributed by atoms with Gasteiger partial charge in [0.25, 0.3) is 0 Å². The topological polar surface area (TPSA) is 175 Å². The maximum Gasteiger partial charge on any atom is 0.306 e. The van der Waals surface area contributed by atoms with Crippen LogP contribution in [0.4, 0.5) is 0 Å². The number of esters is 1. The summed E-state index contributed by atoms with van der Waals surface area (Å²) in [6.45, 7) is 5.56. The number of rotatable bonds is 52. The number of carbonyl (C=O) groups is 2. The summed E-state index contributed by atoms with van der Waals surface area (Å²) in [5, 5.41) is 56.9. The van der Waals surface area contributed by atoms with Crippen molar-refractivity contribution in [3.05, 3.63) is 134 Å². The molecule has 0 spiro atoms. The third-order valence-corrected chi connectivity index (χ3v) is 14.2. The number of carbonyl (C=O) groups excluding carboxylic acids is 2. The molecule has 0 bridgehead atoms. The van der Waals surface area contributed by atoms with Crippen LogP contribution in [0, 0.1) is 0 Å². The standard InChI is InChI=1S/C70H115NO10/c1-4-7-10-13-16-19-22-24-26-28-29-30-31-32-33-34-35-36-38-40-43-46-49-52-55-58-65(75)81-68-67(77)66(76)64(59-72)80-70(68)79-60-61(62(73)56-53-50-47-44-41-21-18-15-12-9-6-3)71-69(78)63(74)57-54-51-48-45-42-39-37-27-25-23-20-17-14-11-8-5-2/h8,11,14,16-17,19-20,23-27,29-30,32-33,37,39,42,45,53,56,61-64,66-68,70,72-74,76-77H,4-7,9-10,12-13,15,18,21-22,28,31,34-36,38,40-41,43-44,46-52,54-55,57-60H2,1-3H3,(H,71,78)/b11-8-,17-14+,19-16-,23-20+,26-24-,27-25-,30-29-,33-32-,39-37+,45-42+,56-53+. The van der Waals surface area contributed by atoms with E-state index < -0.39 is 67.4 Å². The summed E-state index contributed by atoms with van der Waals surface area (Å²) in [4.78, 5) is 26.6. The quantitative estimate of drug-likeness (QED) is 0.0149. The molecular weight excluding hydrogens is 1010 g/mol. The molecule has 1 amide bonds. The van der Waals surface area contributed by atoms with Gasteiger partial charge in [0.1, 0.15) is 24.4 Å². The third kappa shape index (κ3) is 44.1. The van der Waals surface area contributed by atoms with Gasteiger partial charge in [-0.05, 0) is 89.9 Å². The van der Waals surface area contributed by atoms with Gasteiger partial charge in [-0.3, -0.25) is 9.59 Å². The molecule has 0 saturated carbocycles. The summed E-state index contributed by atoms with van der Waals surface area (Å²) in [5.74, 6) is -1.26. The second-order valence-corrected chi connectivity index (χ2v) is 21.6. The number of unbranched alkanes of at least 4 members (excludes halogenated alkanes) is 23. The van der Waals surface area contributed by atoms with E-state index in [0.717, 1.165) is 96.3 Å². The molecule has 81 heavy (non-hydrogen) atoms. The van der Waals surface area contributed by atoms with Crippen molar-refractivity contribution in [2.24, 2.45) is 0 Å². The monoisotopic (exact) mass is 1130 g/mol. The summed E-state index contributed by atoms with van der Waals surface area (Å²) in [7, 11) is 0. The lowest BCUT2D eigenvalue weighted by Crippen LogP contribution is -2.61. The summed E-state index contributed by atoms with van der Waals surface area (Å²) in [6, 6.07) is -1.06. The normalized spacial score (nSPS) is 19.6. The van der Waals surface area contributed by atoms with Crippen molar-refractivity contribution in [3.8, 4) is 0 Å². The molecule has 1 saturated heterocycles. The molecule has 0 aromatic heterocycles. The highest BCUT2D eigenvalue weighted by Gasteiger charge is 2.47. The molecule has 1 aliphatic rings. The number of ether oxygens (including phenoxy) is 3. The number of hydrogen-bond acceptors (Lipinski definition) is 10. The molecule has 1 heterocycles. The Hall–Kier alpha value is -4.20. The van der Waals surface area contributed by atoms with Crippen LogP contribution < -0.4 is 5.32 Å². The number of aliphatic hydroxyl groups excluding tert-OH is 5. The van der Waals surface area contributed by atoms with Gasteiger partial charge >= 0.3 is 5.97 Å². The first-order valence-electron chi connectivity index (χ1n) is 32.0. The Labute approximate surface area is 493 Å². The van der Waals surface area contributed by atoms with Gasteiger partial charge in [-0.15, -0.1) is 0 Å². The van der Waals surface area contributed by atoms with Crippen LogP contribution >= 0.6 is 0 Å². The predicted octanol–water partition coefficient (Wildman–Crippen LogP) is 15.6. The fraction of sp³-hybridized carbons (Fsp3) is 0.657. The number of aliphatic hydroxyl groups is 5. The second-order valence-electron chi connectivity index (χ2n) is 21.6. The highest BCUT2D eigenvalue weighted by molar-refractivity contribution is 5.80. The molecule has 0 radical (unpaired) electrons. The average Bonchev–Trinajstić information content (AvgIpc) is 3.50. The van der Waals surface area contributed by atoms with E-state index >= 15 is 0 Å². The number of amides is 1. The van der Waals surface area contributed by atoms with E-state index in [0.29, 0.717) is 12.8 Å². The second kappa shape index (κ2) is 56.3. The molecular formula is C70H115NO10. The van der Waals surface area contributed by atoms with Gasteiger partial charge in [0.05, 0.1) is 25.4 Å². The zero-order valence-electron chi connectivity index (χ0n) is 50.8. The van der Waals surface area contributed by atoms with Gasteiger partial charge in [0.15, 0.2) is 12.4 Å². The largest absolute Gasteiger partial charge is 0.454 e. The van der Waals surface area contributed by atoms with Gasteiger partial charge in [0.2, 0.25) is 5.91 Å². The molecule has 1 aliphatic heterocycles. The average molecular weight is 1130 g/mol. The van der Waals surface area contributed by atoms with Gasteiger partial charge in [0, 0.05) is 6.42 Å². The Kier molecular flexibility index (Phi) is 52.0. The Balaban J connectivity index is 2.65. The molecule has 6 N–H and O–H groups in total. The van der Waals surface area contributed by atoms with Crippen molar-refractivity contribution < 1.29 is 49.3 Å². The van der Waals surface area contributed by atoms with E-state index in [1.807, 2.05) is 72.9 Å². The van der Waals surface area contributed by atoms with Crippen molar-refractivity contribution in [1.29, 1.82) is 0 Å². The lowest BCUT2D eigenvalue weighted by Gasteiger charge is -2.41. The fourth-order valence-corrected chi connectivity index (χ4v) is 9.14.